The summed E-state index contributed by atoms with van der Waals surface area (Å²) in [6, 6.07) is 10.1. The number of nitrogens with zero attached hydrogens (tertiary/aromatic N) is 2. The first-order valence-corrected chi connectivity index (χ1v) is 8.95. The minimum absolute atomic E-state index is 0.0412. The van der Waals surface area contributed by atoms with E-state index in [1.54, 1.807) is 11.3 Å². The summed E-state index contributed by atoms with van der Waals surface area (Å²) in [6.07, 6.45) is 1.29. The molecular formula is C18H22N2O2S. The summed E-state index contributed by atoms with van der Waals surface area (Å²) in [7, 11) is 0. The first-order chi connectivity index (χ1) is 11.2. The molecule has 0 bridgehead atoms. The predicted octanol–water partition coefficient (Wildman–Crippen LogP) is 3.24. The summed E-state index contributed by atoms with van der Waals surface area (Å²) in [5.41, 5.74) is 2.01. The number of carbonyl (C=O) groups is 1. The van der Waals surface area contributed by atoms with E-state index >= 15 is 0 Å². The van der Waals surface area contributed by atoms with Crippen molar-refractivity contribution in [2.75, 3.05) is 13.1 Å². The largest absolute Gasteiger partial charge is 0.367 e. The molecule has 1 amide bonds. The number of benzene rings is 1. The highest BCUT2D eigenvalue weighted by Crippen LogP contribution is 2.25. The summed E-state index contributed by atoms with van der Waals surface area (Å²) in [5, 5.41) is 3.08. The molecular weight excluding hydrogens is 308 g/mol. The van der Waals surface area contributed by atoms with Crippen LogP contribution in [0.3, 0.4) is 0 Å². The fraction of sp³-hybridized carbons (Fsp3) is 0.444. The number of hydrogen-bond acceptors (Lipinski definition) is 4. The van der Waals surface area contributed by atoms with Crippen LogP contribution < -0.4 is 0 Å². The first kappa shape index (κ1) is 16.1. The number of carbonyl (C=O) groups excluding carboxylic acids is 1. The highest BCUT2D eigenvalue weighted by Gasteiger charge is 2.29. The van der Waals surface area contributed by atoms with Gasteiger partial charge >= 0.3 is 0 Å². The molecule has 1 aromatic carbocycles. The Balaban J connectivity index is 1.67. The van der Waals surface area contributed by atoms with Gasteiger partial charge in [-0.2, -0.15) is 0 Å². The molecule has 1 aromatic heterocycles. The molecule has 4 nitrogen and oxygen atoms in total. The third kappa shape index (κ3) is 3.98. The van der Waals surface area contributed by atoms with Gasteiger partial charge in [0.2, 0.25) is 5.91 Å². The van der Waals surface area contributed by atoms with Gasteiger partial charge in [0, 0.05) is 11.9 Å². The number of thiazole rings is 1. The molecule has 0 radical (unpaired) electrons. The van der Waals surface area contributed by atoms with Crippen molar-refractivity contribution in [3.63, 3.8) is 0 Å². The second kappa shape index (κ2) is 7.23. The molecule has 1 saturated heterocycles. The molecule has 1 aliphatic heterocycles. The predicted molar refractivity (Wildman–Crippen MR) is 91.5 cm³/mol. The van der Waals surface area contributed by atoms with E-state index in [1.165, 1.54) is 0 Å². The third-order valence-electron chi connectivity index (χ3n) is 4.02. The smallest absolute Gasteiger partial charge is 0.228 e. The molecule has 2 aromatic rings. The average Bonchev–Trinajstić information content (AvgIpc) is 3.02. The first-order valence-electron chi connectivity index (χ1n) is 8.07. The van der Waals surface area contributed by atoms with Gasteiger partial charge in [-0.1, -0.05) is 37.3 Å². The van der Waals surface area contributed by atoms with Gasteiger partial charge in [0.25, 0.3) is 0 Å². The maximum Gasteiger partial charge on any atom is 0.228 e. The van der Waals surface area contributed by atoms with Crippen molar-refractivity contribution < 1.29 is 9.53 Å². The Morgan fingerprint density at radius 3 is 2.83 bits per heavy atom. The second-order valence-corrected chi connectivity index (χ2v) is 6.85. The van der Waals surface area contributed by atoms with Crippen LogP contribution in [0.1, 0.15) is 36.2 Å². The van der Waals surface area contributed by atoms with Crippen LogP contribution in [0, 0.1) is 0 Å². The highest BCUT2D eigenvalue weighted by molar-refractivity contribution is 7.09. The number of morpholine rings is 1. The summed E-state index contributed by atoms with van der Waals surface area (Å²) in [5.74, 6) is 0.133. The van der Waals surface area contributed by atoms with Crippen LogP contribution in [-0.2, 0) is 22.4 Å². The number of rotatable bonds is 4. The summed E-state index contributed by atoms with van der Waals surface area (Å²) in [6.45, 7) is 5.36. The number of amides is 1. The van der Waals surface area contributed by atoms with Crippen LogP contribution in [0.2, 0.25) is 0 Å². The summed E-state index contributed by atoms with van der Waals surface area (Å²) >= 11 is 1.63. The van der Waals surface area contributed by atoms with E-state index in [4.69, 9.17) is 4.74 Å². The van der Waals surface area contributed by atoms with Crippen molar-refractivity contribution in [3.05, 3.63) is 52.0 Å². The molecule has 2 heterocycles. The molecule has 1 aliphatic rings. The topological polar surface area (TPSA) is 42.4 Å². The highest BCUT2D eigenvalue weighted by atomic mass is 32.1. The standard InChI is InChI=1S/C18H22N2O2S/c1-3-17-19-15(12-23-17)9-18(21)20-10-13(2)22-16(11-20)14-7-5-4-6-8-14/h4-8,12-13,16H,3,9-11H2,1-2H3/t13-,16-/m1/s1. The maximum atomic E-state index is 12.6. The monoisotopic (exact) mass is 330 g/mol. The Morgan fingerprint density at radius 2 is 2.13 bits per heavy atom. The van der Waals surface area contributed by atoms with E-state index in [2.05, 4.69) is 24.0 Å². The number of hydrogen-bond donors (Lipinski definition) is 0. The molecule has 1 fully saturated rings. The van der Waals surface area contributed by atoms with E-state index in [0.717, 1.165) is 22.7 Å². The Kier molecular flexibility index (Phi) is 5.08. The number of ether oxygens (including phenoxy) is 1. The lowest BCUT2D eigenvalue weighted by Crippen LogP contribution is -2.46. The molecule has 5 heteroatoms. The third-order valence-corrected chi connectivity index (χ3v) is 5.06. The van der Waals surface area contributed by atoms with Gasteiger partial charge in [-0.05, 0) is 18.9 Å². The molecule has 122 valence electrons. The molecule has 0 aliphatic carbocycles. The van der Waals surface area contributed by atoms with Gasteiger partial charge < -0.3 is 9.64 Å². The van der Waals surface area contributed by atoms with Crippen LogP contribution in [0.15, 0.2) is 35.7 Å². The SMILES string of the molecule is CCc1nc(CC(=O)N2C[C@@H](C)O[C@@H](c3ccccc3)C2)cs1. The minimum atomic E-state index is -0.0504. The molecule has 0 unspecified atom stereocenters. The number of aromatic nitrogens is 1. The van der Waals surface area contributed by atoms with Crippen LogP contribution >= 0.6 is 11.3 Å². The van der Waals surface area contributed by atoms with Crippen molar-refractivity contribution in [1.82, 2.24) is 9.88 Å². The van der Waals surface area contributed by atoms with Gasteiger partial charge in [0.1, 0.15) is 6.10 Å². The van der Waals surface area contributed by atoms with Crippen LogP contribution in [-0.4, -0.2) is 35.0 Å². The zero-order valence-electron chi connectivity index (χ0n) is 13.6. The van der Waals surface area contributed by atoms with Crippen LogP contribution in [0.25, 0.3) is 0 Å². The average molecular weight is 330 g/mol. The Bertz CT molecular complexity index is 656. The van der Waals surface area contributed by atoms with Gasteiger partial charge in [0.05, 0.1) is 29.8 Å². The normalized spacial score (nSPS) is 21.4. The summed E-state index contributed by atoms with van der Waals surface area (Å²) < 4.78 is 6.02. The summed E-state index contributed by atoms with van der Waals surface area (Å²) in [4.78, 5) is 19.0. The van der Waals surface area contributed by atoms with E-state index in [-0.39, 0.29) is 18.1 Å². The Labute approximate surface area is 141 Å². The lowest BCUT2D eigenvalue weighted by Gasteiger charge is -2.37. The molecule has 0 saturated carbocycles. The maximum absolute atomic E-state index is 12.6. The van der Waals surface area contributed by atoms with E-state index in [0.29, 0.717) is 19.5 Å². The molecule has 2 atom stereocenters. The quantitative estimate of drug-likeness (QED) is 0.864. The van der Waals surface area contributed by atoms with E-state index < -0.39 is 0 Å². The van der Waals surface area contributed by atoms with Gasteiger partial charge in [-0.25, -0.2) is 4.98 Å². The lowest BCUT2D eigenvalue weighted by atomic mass is 10.1. The van der Waals surface area contributed by atoms with E-state index in [9.17, 15) is 4.79 Å². The van der Waals surface area contributed by atoms with Crippen LogP contribution in [0.4, 0.5) is 0 Å². The molecule has 0 N–H and O–H groups in total. The Morgan fingerprint density at radius 1 is 1.35 bits per heavy atom. The van der Waals surface area contributed by atoms with Crippen molar-refractivity contribution in [2.45, 2.75) is 38.9 Å². The minimum Gasteiger partial charge on any atom is -0.367 e. The molecule has 3 rings (SSSR count). The Hall–Kier alpha value is -1.72. The van der Waals surface area contributed by atoms with Crippen molar-refractivity contribution in [1.29, 1.82) is 0 Å². The number of aryl methyl sites for hydroxylation is 1. The fourth-order valence-electron chi connectivity index (χ4n) is 2.87. The fourth-order valence-corrected chi connectivity index (χ4v) is 3.61. The van der Waals surface area contributed by atoms with Crippen LogP contribution in [0.5, 0.6) is 0 Å². The van der Waals surface area contributed by atoms with Crippen molar-refractivity contribution >= 4 is 17.2 Å². The zero-order chi connectivity index (χ0) is 16.2. The van der Waals surface area contributed by atoms with Gasteiger partial charge in [-0.3, -0.25) is 4.79 Å². The van der Waals surface area contributed by atoms with Crippen molar-refractivity contribution in [3.8, 4) is 0 Å². The van der Waals surface area contributed by atoms with Gasteiger partial charge in [-0.15, -0.1) is 11.3 Å². The molecule has 0 spiro atoms. The zero-order valence-corrected chi connectivity index (χ0v) is 14.4. The van der Waals surface area contributed by atoms with E-state index in [1.807, 2.05) is 35.4 Å². The molecule has 23 heavy (non-hydrogen) atoms. The second-order valence-electron chi connectivity index (χ2n) is 5.91. The van der Waals surface area contributed by atoms with Crippen molar-refractivity contribution in [2.24, 2.45) is 0 Å². The van der Waals surface area contributed by atoms with Gasteiger partial charge in [0.15, 0.2) is 0 Å². The lowest BCUT2D eigenvalue weighted by molar-refractivity contribution is -0.144.